The fraction of sp³-hybridized carbons (Fsp3) is 0.250. The van der Waals surface area contributed by atoms with E-state index in [1.54, 1.807) is 18.2 Å². The molecule has 0 saturated heterocycles. The minimum Gasteiger partial charge on any atom is -0.467 e. The number of rotatable bonds is 5. The van der Waals surface area contributed by atoms with Gasteiger partial charge in [-0.15, -0.1) is 0 Å². The number of nitrogens with zero attached hydrogens (tertiary/aromatic N) is 4. The van der Waals surface area contributed by atoms with Crippen molar-refractivity contribution >= 4 is 0 Å². The molecular formula is C24H23FN4O2. The van der Waals surface area contributed by atoms with E-state index < -0.39 is 0 Å². The maximum atomic E-state index is 13.2. The summed E-state index contributed by atoms with van der Waals surface area (Å²) in [5.41, 5.74) is 3.62. The van der Waals surface area contributed by atoms with Crippen molar-refractivity contribution in [1.29, 1.82) is 0 Å². The van der Waals surface area contributed by atoms with Crippen LogP contribution in [0.3, 0.4) is 0 Å². The van der Waals surface area contributed by atoms with Gasteiger partial charge in [-0.05, 0) is 42.2 Å². The molecule has 0 saturated carbocycles. The molecule has 2 aromatic heterocycles. The molecule has 2 aromatic carbocycles. The second kappa shape index (κ2) is 8.26. The topological polar surface area (TPSA) is 73.9 Å². The fourth-order valence-electron chi connectivity index (χ4n) is 3.03. The highest BCUT2D eigenvalue weighted by molar-refractivity contribution is 5.56. The minimum absolute atomic E-state index is 0.0758. The molecule has 7 heteroatoms. The van der Waals surface area contributed by atoms with Crippen LogP contribution in [0.5, 0.6) is 5.88 Å². The van der Waals surface area contributed by atoms with E-state index in [1.165, 1.54) is 17.7 Å². The average molecular weight is 418 g/mol. The second-order valence-corrected chi connectivity index (χ2v) is 8.31. The maximum absolute atomic E-state index is 13.2. The Kier molecular flexibility index (Phi) is 5.50. The van der Waals surface area contributed by atoms with Crippen molar-refractivity contribution in [3.63, 3.8) is 0 Å². The number of benzene rings is 2. The first-order valence-corrected chi connectivity index (χ1v) is 9.96. The van der Waals surface area contributed by atoms with Gasteiger partial charge in [0.05, 0.1) is 0 Å². The molecule has 31 heavy (non-hydrogen) atoms. The van der Waals surface area contributed by atoms with E-state index in [2.05, 4.69) is 53.0 Å². The second-order valence-electron chi connectivity index (χ2n) is 8.31. The number of hydrogen-bond acceptors (Lipinski definition) is 6. The van der Waals surface area contributed by atoms with E-state index in [0.717, 1.165) is 11.3 Å². The number of hydrogen-bond donors (Lipinski definition) is 0. The quantitative estimate of drug-likeness (QED) is 0.425. The molecule has 2 heterocycles. The fourth-order valence-corrected chi connectivity index (χ4v) is 3.03. The van der Waals surface area contributed by atoms with Crippen LogP contribution in [-0.4, -0.2) is 20.1 Å². The Bertz CT molecular complexity index is 1180. The van der Waals surface area contributed by atoms with Crippen molar-refractivity contribution in [1.82, 2.24) is 20.1 Å². The molecule has 0 amide bonds. The van der Waals surface area contributed by atoms with Crippen LogP contribution in [0.4, 0.5) is 4.39 Å². The number of aryl methyl sites for hydroxylation is 1. The van der Waals surface area contributed by atoms with Gasteiger partial charge in [-0.1, -0.05) is 50.2 Å². The molecule has 0 atom stereocenters. The molecule has 4 rings (SSSR count). The number of ether oxygens (including phenoxy) is 1. The van der Waals surface area contributed by atoms with Crippen LogP contribution in [0.25, 0.3) is 22.8 Å². The van der Waals surface area contributed by atoms with Crippen molar-refractivity contribution in [2.75, 3.05) is 0 Å². The van der Waals surface area contributed by atoms with Crippen molar-refractivity contribution in [3.05, 3.63) is 77.6 Å². The highest BCUT2D eigenvalue weighted by atomic mass is 19.1. The molecular weight excluding hydrogens is 395 g/mol. The Balaban J connectivity index is 1.47. The molecule has 0 aliphatic carbocycles. The smallest absolute Gasteiger partial charge is 0.264 e. The average Bonchev–Trinajstić information content (AvgIpc) is 3.21. The lowest BCUT2D eigenvalue weighted by molar-refractivity contribution is 0.235. The van der Waals surface area contributed by atoms with Crippen LogP contribution in [0.2, 0.25) is 0 Å². The normalized spacial score (nSPS) is 11.5. The summed E-state index contributed by atoms with van der Waals surface area (Å²) in [5, 5.41) is 4.05. The van der Waals surface area contributed by atoms with Gasteiger partial charge in [0.25, 0.3) is 5.89 Å². The minimum atomic E-state index is -0.312. The third-order valence-corrected chi connectivity index (χ3v) is 4.75. The third kappa shape index (κ3) is 4.94. The lowest BCUT2D eigenvalue weighted by Crippen LogP contribution is -2.10. The van der Waals surface area contributed by atoms with Crippen LogP contribution in [0.1, 0.15) is 37.9 Å². The molecule has 0 radical (unpaired) electrons. The van der Waals surface area contributed by atoms with Gasteiger partial charge in [0.15, 0.2) is 12.4 Å². The van der Waals surface area contributed by atoms with Gasteiger partial charge in [0.2, 0.25) is 11.7 Å². The van der Waals surface area contributed by atoms with Gasteiger partial charge in [-0.25, -0.2) is 9.37 Å². The molecule has 0 aliphatic heterocycles. The highest BCUT2D eigenvalue weighted by Crippen LogP contribution is 2.25. The molecule has 0 bridgehead atoms. The van der Waals surface area contributed by atoms with E-state index in [1.807, 2.05) is 19.1 Å². The van der Waals surface area contributed by atoms with E-state index in [9.17, 15) is 4.39 Å². The SMILES string of the molecule is Cc1cc(OCc2nc(-c3ccc(C(C)(C)C)cc3)no2)nc(-c2ccc(F)cc2)n1. The molecule has 0 aliphatic rings. The number of aromatic nitrogens is 4. The molecule has 0 spiro atoms. The molecule has 6 nitrogen and oxygen atoms in total. The monoisotopic (exact) mass is 418 g/mol. The third-order valence-electron chi connectivity index (χ3n) is 4.75. The summed E-state index contributed by atoms with van der Waals surface area (Å²) >= 11 is 0. The lowest BCUT2D eigenvalue weighted by Gasteiger charge is -2.18. The van der Waals surface area contributed by atoms with Crippen molar-refractivity contribution in [2.24, 2.45) is 0 Å². The van der Waals surface area contributed by atoms with Crippen LogP contribution in [-0.2, 0) is 12.0 Å². The van der Waals surface area contributed by atoms with E-state index in [4.69, 9.17) is 9.26 Å². The van der Waals surface area contributed by atoms with E-state index in [0.29, 0.717) is 29.0 Å². The zero-order valence-electron chi connectivity index (χ0n) is 17.9. The first-order chi connectivity index (χ1) is 14.8. The Morgan fingerprint density at radius 1 is 0.871 bits per heavy atom. The van der Waals surface area contributed by atoms with Gasteiger partial charge in [-0.3, -0.25) is 0 Å². The van der Waals surface area contributed by atoms with Crippen molar-refractivity contribution in [2.45, 2.75) is 39.7 Å². The van der Waals surface area contributed by atoms with Crippen LogP contribution in [0.15, 0.2) is 59.1 Å². The summed E-state index contributed by atoms with van der Waals surface area (Å²) in [6.07, 6.45) is 0. The van der Waals surface area contributed by atoms with Crippen LogP contribution < -0.4 is 4.74 Å². The standard InChI is InChI=1S/C24H23FN4O2/c1-15-13-20(27-22(26-15)16-7-11-19(25)12-8-16)30-14-21-28-23(29-31-21)17-5-9-18(10-6-17)24(2,3)4/h5-13H,14H2,1-4H3. The van der Waals surface area contributed by atoms with Crippen LogP contribution >= 0.6 is 0 Å². The summed E-state index contributed by atoms with van der Waals surface area (Å²) in [6, 6.07) is 15.8. The Morgan fingerprint density at radius 2 is 1.52 bits per heavy atom. The van der Waals surface area contributed by atoms with Gasteiger partial charge in [0.1, 0.15) is 5.82 Å². The molecule has 4 aromatic rings. The zero-order chi connectivity index (χ0) is 22.0. The van der Waals surface area contributed by atoms with Gasteiger partial charge in [0, 0.05) is 22.9 Å². The van der Waals surface area contributed by atoms with E-state index >= 15 is 0 Å². The summed E-state index contributed by atoms with van der Waals surface area (Å²) in [5.74, 6) is 1.37. The van der Waals surface area contributed by atoms with Crippen LogP contribution in [0, 0.1) is 12.7 Å². The summed E-state index contributed by atoms with van der Waals surface area (Å²) < 4.78 is 24.3. The summed E-state index contributed by atoms with van der Waals surface area (Å²) in [4.78, 5) is 13.2. The molecule has 158 valence electrons. The van der Waals surface area contributed by atoms with Gasteiger partial charge < -0.3 is 9.26 Å². The lowest BCUT2D eigenvalue weighted by atomic mass is 9.87. The largest absolute Gasteiger partial charge is 0.467 e. The maximum Gasteiger partial charge on any atom is 0.264 e. The van der Waals surface area contributed by atoms with Gasteiger partial charge >= 0.3 is 0 Å². The Labute approximate surface area is 180 Å². The molecule has 0 fully saturated rings. The summed E-state index contributed by atoms with van der Waals surface area (Å²) in [7, 11) is 0. The predicted octanol–water partition coefficient (Wildman–Crippen LogP) is 5.52. The first-order valence-electron chi connectivity index (χ1n) is 9.96. The van der Waals surface area contributed by atoms with E-state index in [-0.39, 0.29) is 17.8 Å². The first kappa shape index (κ1) is 20.7. The number of halogens is 1. The highest BCUT2D eigenvalue weighted by Gasteiger charge is 2.15. The Morgan fingerprint density at radius 3 is 2.19 bits per heavy atom. The van der Waals surface area contributed by atoms with Crippen molar-refractivity contribution in [3.8, 4) is 28.7 Å². The molecule has 0 unspecified atom stereocenters. The Hall–Kier alpha value is -3.61. The summed E-state index contributed by atoms with van der Waals surface area (Å²) in [6.45, 7) is 8.42. The molecule has 0 N–H and O–H groups in total. The van der Waals surface area contributed by atoms with Gasteiger partial charge in [-0.2, -0.15) is 9.97 Å². The van der Waals surface area contributed by atoms with Crippen molar-refractivity contribution < 1.29 is 13.7 Å². The zero-order valence-corrected chi connectivity index (χ0v) is 17.9. The predicted molar refractivity (Wildman–Crippen MR) is 115 cm³/mol.